The highest BCUT2D eigenvalue weighted by Crippen LogP contribution is 2.33. The molecule has 20 heavy (non-hydrogen) atoms. The van der Waals surface area contributed by atoms with E-state index in [-0.39, 0.29) is 0 Å². The van der Waals surface area contributed by atoms with Gasteiger partial charge in [-0.15, -0.1) is 0 Å². The predicted octanol–water partition coefficient (Wildman–Crippen LogP) is 3.22. The Balaban J connectivity index is 2.34. The van der Waals surface area contributed by atoms with Crippen LogP contribution in [0.1, 0.15) is 45.7 Å². The molecule has 0 spiro atoms. The van der Waals surface area contributed by atoms with Crippen LogP contribution in [0.5, 0.6) is 0 Å². The summed E-state index contributed by atoms with van der Waals surface area (Å²) in [4.78, 5) is 2.38. The number of piperidine rings is 1. The number of nitrogens with two attached hydrogens (primary N) is 1. The van der Waals surface area contributed by atoms with E-state index >= 15 is 0 Å². The summed E-state index contributed by atoms with van der Waals surface area (Å²) in [7, 11) is 0. The molecule has 2 atom stereocenters. The van der Waals surface area contributed by atoms with E-state index in [1.165, 1.54) is 6.42 Å². The van der Waals surface area contributed by atoms with Crippen molar-refractivity contribution in [1.82, 2.24) is 4.57 Å². The Hall–Kier alpha value is -1.63. The van der Waals surface area contributed by atoms with Gasteiger partial charge in [0.1, 0.15) is 17.6 Å². The van der Waals surface area contributed by atoms with Gasteiger partial charge in [0.05, 0.1) is 5.69 Å². The summed E-state index contributed by atoms with van der Waals surface area (Å²) in [5, 5.41) is 9.31. The van der Waals surface area contributed by atoms with Gasteiger partial charge in [-0.1, -0.05) is 27.2 Å². The Morgan fingerprint density at radius 2 is 2.00 bits per heavy atom. The van der Waals surface area contributed by atoms with Gasteiger partial charge >= 0.3 is 0 Å². The molecule has 1 aliphatic heterocycles. The maximum atomic E-state index is 9.31. The van der Waals surface area contributed by atoms with Crippen LogP contribution in [0.2, 0.25) is 0 Å². The first-order chi connectivity index (χ1) is 9.56. The van der Waals surface area contributed by atoms with E-state index in [1.54, 1.807) is 0 Å². The minimum Gasteiger partial charge on any atom is -0.396 e. The number of hydrogen-bond donors (Lipinski definition) is 1. The number of aromatic nitrogens is 1. The van der Waals surface area contributed by atoms with Gasteiger partial charge in [-0.2, -0.15) is 5.26 Å². The molecule has 1 aromatic rings. The molecule has 0 saturated carbocycles. The first kappa shape index (κ1) is 14.8. The van der Waals surface area contributed by atoms with Crippen molar-refractivity contribution in [2.45, 2.75) is 46.6 Å². The van der Waals surface area contributed by atoms with Crippen molar-refractivity contribution in [1.29, 1.82) is 5.26 Å². The van der Waals surface area contributed by atoms with Crippen LogP contribution in [0.25, 0.3) is 0 Å². The minimum atomic E-state index is 0.679. The fourth-order valence-corrected chi connectivity index (χ4v) is 3.38. The molecule has 1 aliphatic rings. The second-order valence-corrected chi connectivity index (χ2v) is 6.28. The summed E-state index contributed by atoms with van der Waals surface area (Å²) >= 11 is 0. The maximum Gasteiger partial charge on any atom is 0.133 e. The monoisotopic (exact) mass is 274 g/mol. The van der Waals surface area contributed by atoms with Gasteiger partial charge in [-0.3, -0.25) is 0 Å². The van der Waals surface area contributed by atoms with E-state index in [9.17, 15) is 5.26 Å². The number of nitriles is 1. The molecule has 0 unspecified atom stereocenters. The van der Waals surface area contributed by atoms with Crippen molar-refractivity contribution in [3.05, 3.63) is 11.8 Å². The van der Waals surface area contributed by atoms with Crippen LogP contribution < -0.4 is 10.6 Å². The second kappa shape index (κ2) is 6.21. The molecule has 2 N–H and O–H groups in total. The highest BCUT2D eigenvalue weighted by atomic mass is 15.3. The largest absolute Gasteiger partial charge is 0.396 e. The molecule has 1 aromatic heterocycles. The number of rotatable bonds is 4. The maximum absolute atomic E-state index is 9.31. The van der Waals surface area contributed by atoms with Gasteiger partial charge in [0.15, 0.2) is 0 Å². The summed E-state index contributed by atoms with van der Waals surface area (Å²) in [5.41, 5.74) is 7.64. The average molecular weight is 274 g/mol. The number of hydrogen-bond acceptors (Lipinski definition) is 3. The molecule has 2 rings (SSSR count). The van der Waals surface area contributed by atoms with E-state index in [4.69, 9.17) is 5.73 Å². The van der Waals surface area contributed by atoms with Gasteiger partial charge in [0.2, 0.25) is 0 Å². The molecule has 1 fully saturated rings. The van der Waals surface area contributed by atoms with Crippen molar-refractivity contribution >= 4 is 11.5 Å². The molecule has 4 heteroatoms. The van der Waals surface area contributed by atoms with Gasteiger partial charge in [0.25, 0.3) is 0 Å². The molecule has 1 saturated heterocycles. The van der Waals surface area contributed by atoms with Crippen LogP contribution in [-0.4, -0.2) is 17.7 Å². The van der Waals surface area contributed by atoms with Crippen LogP contribution >= 0.6 is 0 Å². The van der Waals surface area contributed by atoms with Crippen LogP contribution in [0.3, 0.4) is 0 Å². The normalized spacial score (nSPS) is 22.8. The molecule has 110 valence electrons. The first-order valence-electron chi connectivity index (χ1n) is 7.70. The molecular formula is C16H26N4. The van der Waals surface area contributed by atoms with Gasteiger partial charge in [0, 0.05) is 19.6 Å². The third kappa shape index (κ3) is 2.92. The fraction of sp³-hybridized carbons (Fsp3) is 0.688. The lowest BCUT2D eigenvalue weighted by molar-refractivity contribution is 0.353. The highest BCUT2D eigenvalue weighted by Gasteiger charge is 2.26. The first-order valence-corrected chi connectivity index (χ1v) is 7.70. The van der Waals surface area contributed by atoms with Crippen LogP contribution in [0, 0.1) is 23.2 Å². The summed E-state index contributed by atoms with van der Waals surface area (Å²) < 4.78 is 2.11. The predicted molar refractivity (Wildman–Crippen MR) is 83.6 cm³/mol. The molecule has 0 aromatic carbocycles. The topological polar surface area (TPSA) is 58.0 Å². The molecule has 0 radical (unpaired) electrons. The highest BCUT2D eigenvalue weighted by molar-refractivity contribution is 5.68. The van der Waals surface area contributed by atoms with Crippen molar-refractivity contribution < 1.29 is 0 Å². The Labute approximate surface area is 122 Å². The zero-order chi connectivity index (χ0) is 14.7. The zero-order valence-electron chi connectivity index (χ0n) is 12.9. The van der Waals surface area contributed by atoms with Crippen molar-refractivity contribution in [2.24, 2.45) is 11.8 Å². The fourth-order valence-electron chi connectivity index (χ4n) is 3.38. The summed E-state index contributed by atoms with van der Waals surface area (Å²) in [6, 6.07) is 4.11. The van der Waals surface area contributed by atoms with Gasteiger partial charge in [-0.25, -0.2) is 0 Å². The van der Waals surface area contributed by atoms with Crippen LogP contribution in [0.4, 0.5) is 11.5 Å². The Morgan fingerprint density at radius 1 is 1.35 bits per heavy atom. The number of nitrogen functional groups attached to an aromatic ring is 1. The van der Waals surface area contributed by atoms with E-state index in [2.05, 4.69) is 36.3 Å². The summed E-state index contributed by atoms with van der Waals surface area (Å²) in [6.07, 6.45) is 3.47. The van der Waals surface area contributed by atoms with Crippen molar-refractivity contribution in [3.63, 3.8) is 0 Å². The van der Waals surface area contributed by atoms with Crippen molar-refractivity contribution in [2.75, 3.05) is 23.7 Å². The van der Waals surface area contributed by atoms with E-state index in [1.807, 2.05) is 6.07 Å². The van der Waals surface area contributed by atoms with Gasteiger partial charge in [-0.05, 0) is 30.7 Å². The summed E-state index contributed by atoms with van der Waals surface area (Å²) in [6.45, 7) is 9.71. The molecule has 0 amide bonds. The Kier molecular flexibility index (Phi) is 4.59. The van der Waals surface area contributed by atoms with Gasteiger partial charge < -0.3 is 15.2 Å². The lowest BCUT2D eigenvalue weighted by Gasteiger charge is -2.37. The third-order valence-corrected chi connectivity index (χ3v) is 4.12. The smallest absolute Gasteiger partial charge is 0.133 e. The lowest BCUT2D eigenvalue weighted by atomic mass is 9.92. The minimum absolute atomic E-state index is 0.679. The van der Waals surface area contributed by atoms with Crippen LogP contribution in [0.15, 0.2) is 6.07 Å². The van der Waals surface area contributed by atoms with E-state index in [0.717, 1.165) is 44.0 Å². The van der Waals surface area contributed by atoms with Crippen LogP contribution in [-0.2, 0) is 6.54 Å². The standard InChI is InChI=1S/C16H26N4/c1-4-5-6-20-14(9-17)8-15(18)16(20)19-10-12(2)7-13(3)11-19/h8,12-13H,4-7,10-11,18H2,1-3H3/t12-,13+. The summed E-state index contributed by atoms with van der Waals surface area (Å²) in [5.74, 6) is 2.42. The average Bonchev–Trinajstić information content (AvgIpc) is 2.71. The number of unbranched alkanes of at least 4 members (excludes halogenated alkanes) is 1. The third-order valence-electron chi connectivity index (χ3n) is 4.12. The van der Waals surface area contributed by atoms with E-state index in [0.29, 0.717) is 17.5 Å². The van der Waals surface area contributed by atoms with Crippen molar-refractivity contribution in [3.8, 4) is 6.07 Å². The second-order valence-electron chi connectivity index (χ2n) is 6.28. The zero-order valence-corrected chi connectivity index (χ0v) is 12.9. The lowest BCUT2D eigenvalue weighted by Crippen LogP contribution is -2.40. The quantitative estimate of drug-likeness (QED) is 0.917. The number of anilines is 2. The molecule has 4 nitrogen and oxygen atoms in total. The molecule has 0 aliphatic carbocycles. The Morgan fingerprint density at radius 3 is 2.55 bits per heavy atom. The number of nitrogens with zero attached hydrogens (tertiary/aromatic N) is 3. The molecule has 0 bridgehead atoms. The van der Waals surface area contributed by atoms with E-state index < -0.39 is 0 Å². The SMILES string of the molecule is CCCCn1c(C#N)cc(N)c1N1C[C@H](C)C[C@H](C)C1. The molecule has 2 heterocycles. The Bertz CT molecular complexity index is 487. The molecular weight excluding hydrogens is 248 g/mol.